The largest absolute Gasteiger partial charge is 0.389 e. The highest BCUT2D eigenvalue weighted by Gasteiger charge is 2.21. The molecule has 1 aliphatic rings. The van der Waals surface area contributed by atoms with Crippen LogP contribution in [0, 0.1) is 5.82 Å². The number of nitrogens with zero attached hydrogens (tertiary/aromatic N) is 2. The lowest BCUT2D eigenvalue weighted by molar-refractivity contribution is -0.128. The fourth-order valence-corrected chi connectivity index (χ4v) is 2.56. The number of rotatable bonds is 4. The third-order valence-corrected chi connectivity index (χ3v) is 3.68. The van der Waals surface area contributed by atoms with Crippen LogP contribution >= 0.6 is 0 Å². The van der Waals surface area contributed by atoms with Crippen LogP contribution in [-0.2, 0) is 4.79 Å². The van der Waals surface area contributed by atoms with Gasteiger partial charge in [0, 0.05) is 31.4 Å². The molecule has 0 saturated carbocycles. The first kappa shape index (κ1) is 14.8. The van der Waals surface area contributed by atoms with E-state index in [0.29, 0.717) is 11.3 Å². The predicted octanol–water partition coefficient (Wildman–Crippen LogP) is 1.94. The summed E-state index contributed by atoms with van der Waals surface area (Å²) in [6.07, 6.45) is 1.35. The zero-order chi connectivity index (χ0) is 14.7. The smallest absolute Gasteiger partial charge is 0.242 e. The minimum atomic E-state index is -0.773. The molecule has 0 radical (unpaired) electrons. The van der Waals surface area contributed by atoms with Crippen LogP contribution in [0.4, 0.5) is 10.1 Å². The van der Waals surface area contributed by atoms with E-state index in [0.717, 1.165) is 25.9 Å². The lowest BCUT2D eigenvalue weighted by Gasteiger charge is -2.25. The third-order valence-electron chi connectivity index (χ3n) is 3.68. The number of benzene rings is 1. The van der Waals surface area contributed by atoms with Crippen molar-refractivity contribution < 1.29 is 14.3 Å². The molecule has 4 nitrogen and oxygen atoms in total. The number of carbonyl (C=O) groups is 1. The van der Waals surface area contributed by atoms with Crippen molar-refractivity contribution in [3.63, 3.8) is 0 Å². The van der Waals surface area contributed by atoms with Crippen molar-refractivity contribution in [1.29, 1.82) is 0 Å². The molecule has 110 valence electrons. The third kappa shape index (κ3) is 3.28. The van der Waals surface area contributed by atoms with E-state index in [-0.39, 0.29) is 18.3 Å². The molecule has 0 unspecified atom stereocenters. The highest BCUT2D eigenvalue weighted by Crippen LogP contribution is 2.26. The summed E-state index contributed by atoms with van der Waals surface area (Å²) in [5.74, 6) is -0.310. The number of hydrogen-bond donors (Lipinski definition) is 1. The van der Waals surface area contributed by atoms with Crippen LogP contribution in [0.2, 0.25) is 0 Å². The zero-order valence-electron chi connectivity index (χ0n) is 12.0. The summed E-state index contributed by atoms with van der Waals surface area (Å²) in [6, 6.07) is 4.27. The molecule has 1 heterocycles. The number of aliphatic hydroxyl groups is 1. The summed E-state index contributed by atoms with van der Waals surface area (Å²) in [5, 5.41) is 9.73. The van der Waals surface area contributed by atoms with Gasteiger partial charge in [0.1, 0.15) is 5.82 Å². The van der Waals surface area contributed by atoms with Gasteiger partial charge in [-0.3, -0.25) is 4.79 Å². The highest BCUT2D eigenvalue weighted by molar-refractivity contribution is 5.82. The van der Waals surface area contributed by atoms with Crippen molar-refractivity contribution in [3.8, 4) is 0 Å². The molecule has 1 N–H and O–H groups in total. The molecule has 1 aromatic rings. The molecule has 1 fully saturated rings. The first-order valence-corrected chi connectivity index (χ1v) is 6.95. The van der Waals surface area contributed by atoms with Crippen LogP contribution in [0.1, 0.15) is 31.4 Å². The second kappa shape index (κ2) is 6.22. The predicted molar refractivity (Wildman–Crippen MR) is 76.1 cm³/mol. The Bertz CT molecular complexity index is 485. The highest BCUT2D eigenvalue weighted by atomic mass is 19.1. The maximum atomic E-state index is 13.3. The van der Waals surface area contributed by atoms with E-state index < -0.39 is 6.10 Å². The molecule has 5 heteroatoms. The van der Waals surface area contributed by atoms with Crippen LogP contribution < -0.4 is 4.90 Å². The number of carbonyl (C=O) groups excluding carboxylic acids is 1. The van der Waals surface area contributed by atoms with E-state index in [2.05, 4.69) is 0 Å². The monoisotopic (exact) mass is 280 g/mol. The number of hydrogen-bond acceptors (Lipinski definition) is 3. The van der Waals surface area contributed by atoms with E-state index >= 15 is 0 Å². The molecule has 1 amide bonds. The second-order valence-electron chi connectivity index (χ2n) is 5.32. The van der Waals surface area contributed by atoms with E-state index in [4.69, 9.17) is 0 Å². The van der Waals surface area contributed by atoms with Gasteiger partial charge in [-0.1, -0.05) is 0 Å². The summed E-state index contributed by atoms with van der Waals surface area (Å²) in [4.78, 5) is 15.7. The van der Waals surface area contributed by atoms with Gasteiger partial charge in [-0.15, -0.1) is 0 Å². The Morgan fingerprint density at radius 3 is 2.70 bits per heavy atom. The minimum absolute atomic E-state index is 0.0749. The Morgan fingerprint density at radius 1 is 1.45 bits per heavy atom. The molecule has 0 aliphatic carbocycles. The number of amides is 1. The van der Waals surface area contributed by atoms with E-state index in [1.165, 1.54) is 12.1 Å². The Kier molecular flexibility index (Phi) is 4.60. The van der Waals surface area contributed by atoms with Gasteiger partial charge in [0.05, 0.1) is 12.6 Å². The van der Waals surface area contributed by atoms with Gasteiger partial charge in [0.25, 0.3) is 0 Å². The van der Waals surface area contributed by atoms with Crippen LogP contribution in [0.25, 0.3) is 0 Å². The summed E-state index contributed by atoms with van der Waals surface area (Å²) < 4.78 is 13.3. The van der Waals surface area contributed by atoms with Crippen molar-refractivity contribution in [2.45, 2.75) is 25.9 Å². The van der Waals surface area contributed by atoms with Crippen LogP contribution in [-0.4, -0.2) is 42.6 Å². The summed E-state index contributed by atoms with van der Waals surface area (Å²) in [6.45, 7) is 3.47. The lowest BCUT2D eigenvalue weighted by atomic mass is 10.1. The van der Waals surface area contributed by atoms with Crippen molar-refractivity contribution in [3.05, 3.63) is 29.6 Å². The molecule has 0 bridgehead atoms. The Labute approximate surface area is 118 Å². The Morgan fingerprint density at radius 2 is 2.10 bits per heavy atom. The molecular weight excluding hydrogens is 259 g/mol. The van der Waals surface area contributed by atoms with Gasteiger partial charge in [0.15, 0.2) is 0 Å². The van der Waals surface area contributed by atoms with E-state index in [1.54, 1.807) is 24.9 Å². The normalized spacial score (nSPS) is 16.3. The van der Waals surface area contributed by atoms with E-state index in [9.17, 15) is 14.3 Å². The first-order chi connectivity index (χ1) is 9.49. The average molecular weight is 280 g/mol. The molecule has 1 aliphatic heterocycles. The van der Waals surface area contributed by atoms with Crippen LogP contribution in [0.5, 0.6) is 0 Å². The van der Waals surface area contributed by atoms with Crippen LogP contribution in [0.3, 0.4) is 0 Å². The minimum Gasteiger partial charge on any atom is -0.389 e. The van der Waals surface area contributed by atoms with Crippen molar-refractivity contribution >= 4 is 11.6 Å². The second-order valence-corrected chi connectivity index (χ2v) is 5.32. The summed E-state index contributed by atoms with van der Waals surface area (Å²) in [7, 11) is 1.78. The van der Waals surface area contributed by atoms with Gasteiger partial charge in [-0.25, -0.2) is 4.39 Å². The van der Waals surface area contributed by atoms with Gasteiger partial charge in [-0.05, 0) is 38.0 Å². The molecule has 1 saturated heterocycles. The maximum absolute atomic E-state index is 13.3. The van der Waals surface area contributed by atoms with Gasteiger partial charge in [0.2, 0.25) is 5.91 Å². The SMILES string of the molecule is C[C@H](O)c1cc(F)ccc1N(C)CC(=O)N1CCCC1. The number of likely N-dealkylation sites (tertiary alicyclic amines) is 1. The molecule has 0 spiro atoms. The van der Waals surface area contributed by atoms with Crippen molar-refractivity contribution in [2.75, 3.05) is 31.6 Å². The van der Waals surface area contributed by atoms with Crippen LogP contribution in [0.15, 0.2) is 18.2 Å². The Balaban J connectivity index is 2.12. The first-order valence-electron chi connectivity index (χ1n) is 6.95. The molecular formula is C15H21FN2O2. The number of aliphatic hydroxyl groups excluding tert-OH is 1. The van der Waals surface area contributed by atoms with Crippen molar-refractivity contribution in [2.24, 2.45) is 0 Å². The quantitative estimate of drug-likeness (QED) is 0.916. The number of halogens is 1. The van der Waals surface area contributed by atoms with E-state index in [1.807, 2.05) is 4.90 Å². The standard InChI is InChI=1S/C15H21FN2O2/c1-11(19)13-9-12(16)5-6-14(13)17(2)10-15(20)18-7-3-4-8-18/h5-6,9,11,19H,3-4,7-8,10H2,1-2H3/t11-/m0/s1. The molecule has 1 aromatic carbocycles. The summed E-state index contributed by atoms with van der Waals surface area (Å²) in [5.41, 5.74) is 1.19. The summed E-state index contributed by atoms with van der Waals surface area (Å²) >= 11 is 0. The zero-order valence-corrected chi connectivity index (χ0v) is 12.0. The number of anilines is 1. The fraction of sp³-hybridized carbons (Fsp3) is 0.533. The molecule has 2 rings (SSSR count). The Hall–Kier alpha value is -1.62. The molecule has 0 aromatic heterocycles. The topological polar surface area (TPSA) is 43.8 Å². The maximum Gasteiger partial charge on any atom is 0.242 e. The van der Waals surface area contributed by atoms with Gasteiger partial charge in [-0.2, -0.15) is 0 Å². The lowest BCUT2D eigenvalue weighted by Crippen LogP contribution is -2.37. The molecule has 20 heavy (non-hydrogen) atoms. The van der Waals surface area contributed by atoms with Gasteiger partial charge >= 0.3 is 0 Å². The van der Waals surface area contributed by atoms with Crippen molar-refractivity contribution in [1.82, 2.24) is 4.90 Å². The fourth-order valence-electron chi connectivity index (χ4n) is 2.56. The average Bonchev–Trinajstić information content (AvgIpc) is 2.92. The number of likely N-dealkylation sites (N-methyl/N-ethyl adjacent to an activating group) is 1. The molecule has 1 atom stereocenters. The van der Waals surface area contributed by atoms with Gasteiger partial charge < -0.3 is 14.9 Å².